The Morgan fingerprint density at radius 3 is 2.12 bits per heavy atom. The number of nitrogens with one attached hydrogen (secondary N) is 1. The van der Waals surface area contributed by atoms with Gasteiger partial charge in [0.2, 0.25) is 21.8 Å². The lowest BCUT2D eigenvalue weighted by atomic mass is 9.94. The molecule has 2 amide bonds. The highest BCUT2D eigenvalue weighted by Crippen LogP contribution is 2.28. The Morgan fingerprint density at radius 1 is 0.857 bits per heavy atom. The molecule has 1 unspecified atom stereocenters. The lowest BCUT2D eigenvalue weighted by Crippen LogP contribution is -2.55. The maximum atomic E-state index is 14.2. The summed E-state index contributed by atoms with van der Waals surface area (Å²) in [5.41, 5.74) is 1.72. The third-order valence-corrected chi connectivity index (χ3v) is 9.09. The van der Waals surface area contributed by atoms with Gasteiger partial charge in [0.25, 0.3) is 0 Å². The third-order valence-electron chi connectivity index (χ3n) is 7.28. The first-order chi connectivity index (χ1) is 20.0. The monoisotopic (exact) mass is 649 g/mol. The lowest BCUT2D eigenvalue weighted by Gasteiger charge is -2.35. The predicted octanol–water partition coefficient (Wildman–Crippen LogP) is 6.50. The molecule has 1 aliphatic carbocycles. The zero-order chi connectivity index (χ0) is 30.3. The van der Waals surface area contributed by atoms with Crippen LogP contribution in [0.3, 0.4) is 0 Å². The average Bonchev–Trinajstić information content (AvgIpc) is 2.93. The van der Waals surface area contributed by atoms with Gasteiger partial charge in [-0.2, -0.15) is 0 Å². The summed E-state index contributed by atoms with van der Waals surface area (Å²) in [7, 11) is -3.94. The molecule has 0 spiro atoms. The van der Waals surface area contributed by atoms with E-state index in [0.717, 1.165) is 48.2 Å². The molecule has 0 bridgehead atoms. The molecule has 0 aromatic heterocycles. The maximum Gasteiger partial charge on any atom is 0.244 e. The highest BCUT2D eigenvalue weighted by Gasteiger charge is 2.34. The number of sulfonamides is 1. The van der Waals surface area contributed by atoms with Crippen molar-refractivity contribution in [1.29, 1.82) is 0 Å². The van der Waals surface area contributed by atoms with Crippen LogP contribution in [0.1, 0.15) is 43.2 Å². The molecular weight excluding hydrogens is 617 g/mol. The summed E-state index contributed by atoms with van der Waals surface area (Å²) in [6.07, 6.45) is 6.21. The van der Waals surface area contributed by atoms with E-state index in [0.29, 0.717) is 10.6 Å². The van der Waals surface area contributed by atoms with Crippen molar-refractivity contribution in [1.82, 2.24) is 10.2 Å². The number of nitrogens with zero attached hydrogens (tertiary/aromatic N) is 2. The van der Waals surface area contributed by atoms with Crippen LogP contribution < -0.4 is 9.62 Å². The Hall–Kier alpha value is -2.78. The molecule has 11 heteroatoms. The zero-order valence-corrected chi connectivity index (χ0v) is 26.4. The fourth-order valence-corrected chi connectivity index (χ4v) is 6.79. The summed E-state index contributed by atoms with van der Waals surface area (Å²) in [5.74, 6) is -0.839. The van der Waals surface area contributed by atoms with Crippen molar-refractivity contribution in [2.45, 2.75) is 57.2 Å². The summed E-state index contributed by atoms with van der Waals surface area (Å²) >= 11 is 18.6. The van der Waals surface area contributed by atoms with Gasteiger partial charge in [0.05, 0.1) is 11.9 Å². The number of amides is 2. The van der Waals surface area contributed by atoms with Crippen molar-refractivity contribution < 1.29 is 18.0 Å². The van der Waals surface area contributed by atoms with Crippen LogP contribution in [0.5, 0.6) is 0 Å². The second-order valence-electron chi connectivity index (χ2n) is 10.6. The normalized spacial score (nSPS) is 14.7. The molecule has 0 heterocycles. The molecule has 1 N–H and O–H groups in total. The van der Waals surface area contributed by atoms with Crippen molar-refractivity contribution >= 4 is 62.3 Å². The first-order valence-electron chi connectivity index (χ1n) is 13.8. The van der Waals surface area contributed by atoms with E-state index in [9.17, 15) is 18.0 Å². The molecule has 0 saturated heterocycles. The van der Waals surface area contributed by atoms with E-state index in [2.05, 4.69) is 5.32 Å². The molecule has 7 nitrogen and oxygen atoms in total. The van der Waals surface area contributed by atoms with E-state index in [4.69, 9.17) is 34.8 Å². The van der Waals surface area contributed by atoms with Crippen molar-refractivity contribution in [2.24, 2.45) is 0 Å². The molecule has 3 aromatic carbocycles. The highest BCUT2D eigenvalue weighted by molar-refractivity contribution is 7.92. The van der Waals surface area contributed by atoms with Gasteiger partial charge < -0.3 is 10.2 Å². The molecule has 224 valence electrons. The molecular formula is C31H34Cl3N3O4S. The predicted molar refractivity (Wildman–Crippen MR) is 170 cm³/mol. The number of rotatable bonds is 11. The standard InChI is InChI=1S/C31H34Cl3N3O4S/c1-42(40,41)37(28-18-25(33)17-26(34)19-28)21-30(38)36(20-23-11-8-12-24(32)15-23)29(16-22-9-4-2-5-10-22)31(39)35-27-13-6-3-7-14-27/h2,4-5,8-12,15,17-19,27,29H,3,6-7,13-14,16,20-21H2,1H3,(H,35,39). The average molecular weight is 651 g/mol. The van der Waals surface area contributed by atoms with Gasteiger partial charge in [-0.25, -0.2) is 8.42 Å². The molecule has 0 aliphatic heterocycles. The second-order valence-corrected chi connectivity index (χ2v) is 13.8. The van der Waals surface area contributed by atoms with Crippen LogP contribution in [0.2, 0.25) is 15.1 Å². The van der Waals surface area contributed by atoms with Gasteiger partial charge >= 0.3 is 0 Å². The smallest absolute Gasteiger partial charge is 0.244 e. The first-order valence-corrected chi connectivity index (χ1v) is 16.8. The number of anilines is 1. The van der Waals surface area contributed by atoms with Crippen molar-refractivity contribution in [3.63, 3.8) is 0 Å². The summed E-state index contributed by atoms with van der Waals surface area (Å²) in [6, 6.07) is 19.9. The number of benzene rings is 3. The van der Waals surface area contributed by atoms with Crippen LogP contribution in [-0.2, 0) is 32.6 Å². The van der Waals surface area contributed by atoms with Gasteiger partial charge in [-0.1, -0.05) is 96.5 Å². The van der Waals surface area contributed by atoms with Gasteiger partial charge in [-0.3, -0.25) is 13.9 Å². The van der Waals surface area contributed by atoms with E-state index in [1.807, 2.05) is 36.4 Å². The van der Waals surface area contributed by atoms with Crippen molar-refractivity contribution in [2.75, 3.05) is 17.1 Å². The van der Waals surface area contributed by atoms with Gasteiger partial charge in [0.15, 0.2) is 0 Å². The van der Waals surface area contributed by atoms with E-state index >= 15 is 0 Å². The first kappa shape index (κ1) is 32.1. The summed E-state index contributed by atoms with van der Waals surface area (Å²) < 4.78 is 26.8. The Bertz CT molecular complexity index is 1480. The summed E-state index contributed by atoms with van der Waals surface area (Å²) in [5, 5.41) is 4.11. The largest absolute Gasteiger partial charge is 0.352 e. The van der Waals surface area contributed by atoms with Crippen LogP contribution >= 0.6 is 34.8 Å². The minimum absolute atomic E-state index is 0.0220. The molecule has 0 radical (unpaired) electrons. The van der Waals surface area contributed by atoms with Crippen LogP contribution in [0.15, 0.2) is 72.8 Å². The van der Waals surface area contributed by atoms with E-state index < -0.39 is 28.5 Å². The Labute approximate surface area is 262 Å². The number of carbonyl (C=O) groups excluding carboxylic acids is 2. The Morgan fingerprint density at radius 2 is 1.50 bits per heavy atom. The SMILES string of the molecule is CS(=O)(=O)N(CC(=O)N(Cc1cccc(Cl)c1)C(Cc1ccccc1)C(=O)NC1CCCCC1)c1cc(Cl)cc(Cl)c1. The molecule has 1 fully saturated rings. The quantitative estimate of drug-likeness (QED) is 0.257. The Kier molecular flexibility index (Phi) is 11.2. The molecule has 1 atom stereocenters. The lowest BCUT2D eigenvalue weighted by molar-refractivity contribution is -0.140. The molecule has 1 saturated carbocycles. The molecule has 4 rings (SSSR count). The minimum atomic E-state index is -3.94. The maximum absolute atomic E-state index is 14.2. The van der Waals surface area contributed by atoms with Gasteiger partial charge in [0.1, 0.15) is 12.6 Å². The topological polar surface area (TPSA) is 86.8 Å². The van der Waals surface area contributed by atoms with Crippen molar-refractivity contribution in [3.05, 3.63) is 99.0 Å². The van der Waals surface area contributed by atoms with Gasteiger partial charge in [0, 0.05) is 34.1 Å². The second kappa shape index (κ2) is 14.6. The zero-order valence-electron chi connectivity index (χ0n) is 23.3. The third kappa shape index (κ3) is 9.11. The summed E-state index contributed by atoms with van der Waals surface area (Å²) in [4.78, 5) is 29.6. The number of halogens is 3. The van der Waals surface area contributed by atoms with Crippen molar-refractivity contribution in [3.8, 4) is 0 Å². The summed E-state index contributed by atoms with van der Waals surface area (Å²) in [6.45, 7) is -0.513. The van der Waals surface area contributed by atoms with Crippen LogP contribution in [0.25, 0.3) is 0 Å². The molecule has 1 aliphatic rings. The Balaban J connectivity index is 1.73. The van der Waals surface area contributed by atoms with E-state index in [-0.39, 0.29) is 40.6 Å². The highest BCUT2D eigenvalue weighted by atomic mass is 35.5. The van der Waals surface area contributed by atoms with Crippen LogP contribution in [0.4, 0.5) is 5.69 Å². The minimum Gasteiger partial charge on any atom is -0.352 e. The van der Waals surface area contributed by atoms with Gasteiger partial charge in [-0.15, -0.1) is 0 Å². The fourth-order valence-electron chi connectivity index (χ4n) is 5.23. The van der Waals surface area contributed by atoms with Crippen LogP contribution in [0, 0.1) is 0 Å². The fraction of sp³-hybridized carbons (Fsp3) is 0.355. The van der Waals surface area contributed by atoms with Gasteiger partial charge in [-0.05, 0) is 54.3 Å². The number of hydrogen-bond acceptors (Lipinski definition) is 4. The van der Waals surface area contributed by atoms with E-state index in [1.54, 1.807) is 18.2 Å². The number of carbonyl (C=O) groups is 2. The molecule has 42 heavy (non-hydrogen) atoms. The number of hydrogen-bond donors (Lipinski definition) is 1. The van der Waals surface area contributed by atoms with Crippen LogP contribution in [-0.4, -0.2) is 50.0 Å². The van der Waals surface area contributed by atoms with E-state index in [1.165, 1.54) is 23.1 Å². The molecule has 3 aromatic rings.